The van der Waals surface area contributed by atoms with Crippen LogP contribution in [0, 0.1) is 11.3 Å². The summed E-state index contributed by atoms with van der Waals surface area (Å²) in [5.41, 5.74) is 0.682. The Hall–Kier alpha value is -2.82. The molecule has 0 bridgehead atoms. The van der Waals surface area contributed by atoms with Crippen LogP contribution in [0.2, 0.25) is 5.02 Å². The molecule has 0 aliphatic heterocycles. The molecule has 1 N–H and O–H groups in total. The largest absolute Gasteiger partial charge is 0.418 e. The number of nitrogens with zero attached hydrogens (tertiary/aromatic N) is 2. The van der Waals surface area contributed by atoms with E-state index in [1.54, 1.807) is 29.6 Å². The van der Waals surface area contributed by atoms with E-state index >= 15 is 0 Å². The van der Waals surface area contributed by atoms with Gasteiger partial charge in [0.05, 0.1) is 16.9 Å². The second-order valence-electron chi connectivity index (χ2n) is 5.40. The van der Waals surface area contributed by atoms with E-state index in [0.717, 1.165) is 11.6 Å². The Morgan fingerprint density at radius 2 is 1.85 bits per heavy atom. The first-order chi connectivity index (χ1) is 12.9. The molecule has 8 heteroatoms. The van der Waals surface area contributed by atoms with Crippen molar-refractivity contribution >= 4 is 34.2 Å². The maximum absolute atomic E-state index is 13.1. The minimum absolute atomic E-state index is 0.132. The Morgan fingerprint density at radius 1 is 1.15 bits per heavy atom. The predicted octanol–water partition coefficient (Wildman–Crippen LogP) is 6.46. The van der Waals surface area contributed by atoms with Gasteiger partial charge in [0, 0.05) is 22.2 Å². The number of hydrogen-bond donors (Lipinski definition) is 1. The Morgan fingerprint density at radius 3 is 2.52 bits per heavy atom. The molecular formula is C19H11ClF3N3S. The first kappa shape index (κ1) is 19.0. The lowest BCUT2D eigenvalue weighted by Gasteiger charge is -2.12. The number of nitrogens with one attached hydrogen (secondary N) is 1. The van der Waals surface area contributed by atoms with Crippen molar-refractivity contribution in [3.63, 3.8) is 0 Å². The fourth-order valence-corrected chi connectivity index (χ4v) is 3.22. The van der Waals surface area contributed by atoms with E-state index in [9.17, 15) is 18.4 Å². The Labute approximate surface area is 162 Å². The van der Waals surface area contributed by atoms with Crippen molar-refractivity contribution < 1.29 is 13.2 Å². The van der Waals surface area contributed by atoms with Crippen molar-refractivity contribution in [3.8, 4) is 17.3 Å². The molecule has 2 aromatic carbocycles. The lowest BCUT2D eigenvalue weighted by molar-refractivity contribution is -0.136. The smallest absolute Gasteiger partial charge is 0.360 e. The average Bonchev–Trinajstić information content (AvgIpc) is 3.12. The van der Waals surface area contributed by atoms with E-state index in [2.05, 4.69) is 10.3 Å². The SMILES string of the molecule is N#C/C(=C/Nc1ccccc1C(F)(F)F)c1nc(-c2ccc(Cl)cc2)cs1. The zero-order valence-electron chi connectivity index (χ0n) is 13.6. The highest BCUT2D eigenvalue weighted by Crippen LogP contribution is 2.35. The average molecular weight is 406 g/mol. The van der Waals surface area contributed by atoms with Crippen LogP contribution in [0.4, 0.5) is 18.9 Å². The molecule has 0 saturated carbocycles. The minimum atomic E-state index is -4.49. The van der Waals surface area contributed by atoms with Crippen LogP contribution in [0.5, 0.6) is 0 Å². The molecule has 0 radical (unpaired) electrons. The third-order valence-corrected chi connectivity index (χ3v) is 4.73. The summed E-state index contributed by atoms with van der Waals surface area (Å²) in [6.45, 7) is 0. The number of aromatic nitrogens is 1. The molecule has 0 spiro atoms. The molecule has 3 rings (SSSR count). The molecule has 1 aromatic heterocycles. The Bertz CT molecular complexity index is 1020. The van der Waals surface area contributed by atoms with Gasteiger partial charge in [0.2, 0.25) is 0 Å². The van der Waals surface area contributed by atoms with Gasteiger partial charge in [0.25, 0.3) is 0 Å². The third kappa shape index (κ3) is 4.48. The van der Waals surface area contributed by atoms with Crippen molar-refractivity contribution in [1.29, 1.82) is 5.26 Å². The summed E-state index contributed by atoms with van der Waals surface area (Å²) in [5.74, 6) is 0. The van der Waals surface area contributed by atoms with Crippen LogP contribution in [0.25, 0.3) is 16.8 Å². The first-order valence-electron chi connectivity index (χ1n) is 7.63. The normalized spacial score (nSPS) is 11.9. The van der Waals surface area contributed by atoms with E-state index in [-0.39, 0.29) is 11.3 Å². The molecule has 27 heavy (non-hydrogen) atoms. The Balaban J connectivity index is 1.87. The van der Waals surface area contributed by atoms with Crippen molar-refractivity contribution in [2.45, 2.75) is 6.18 Å². The van der Waals surface area contributed by atoms with E-state index < -0.39 is 11.7 Å². The molecule has 0 atom stereocenters. The number of halogens is 4. The number of hydrogen-bond acceptors (Lipinski definition) is 4. The van der Waals surface area contributed by atoms with Crippen LogP contribution in [-0.4, -0.2) is 4.98 Å². The van der Waals surface area contributed by atoms with Crippen LogP contribution < -0.4 is 5.32 Å². The molecule has 3 aromatic rings. The number of nitriles is 1. The van der Waals surface area contributed by atoms with Gasteiger partial charge < -0.3 is 5.32 Å². The maximum atomic E-state index is 13.1. The molecule has 0 aliphatic carbocycles. The van der Waals surface area contributed by atoms with Gasteiger partial charge in [0.15, 0.2) is 0 Å². The number of rotatable bonds is 4. The van der Waals surface area contributed by atoms with Crippen molar-refractivity contribution in [1.82, 2.24) is 4.98 Å². The number of benzene rings is 2. The predicted molar refractivity (Wildman–Crippen MR) is 101 cm³/mol. The van der Waals surface area contributed by atoms with Crippen LogP contribution in [0.3, 0.4) is 0 Å². The van der Waals surface area contributed by atoms with Gasteiger partial charge in [-0.1, -0.05) is 35.9 Å². The third-order valence-electron chi connectivity index (χ3n) is 3.60. The summed E-state index contributed by atoms with van der Waals surface area (Å²) < 4.78 is 39.2. The Kier molecular flexibility index (Phi) is 5.49. The zero-order valence-corrected chi connectivity index (χ0v) is 15.2. The summed E-state index contributed by atoms with van der Waals surface area (Å²) in [7, 11) is 0. The second-order valence-corrected chi connectivity index (χ2v) is 6.70. The molecule has 0 amide bonds. The van der Waals surface area contributed by atoms with Gasteiger partial charge in [0.1, 0.15) is 16.6 Å². The standard InChI is InChI=1S/C19H11ClF3N3S/c20-14-7-5-12(6-8-14)17-11-27-18(26-17)13(9-24)10-25-16-4-2-1-3-15(16)19(21,22)23/h1-8,10-11,25H/b13-10-. The molecule has 0 saturated heterocycles. The number of thiazole rings is 1. The van der Waals surface area contributed by atoms with Crippen LogP contribution in [-0.2, 0) is 6.18 Å². The molecule has 0 unspecified atom stereocenters. The van der Waals surface area contributed by atoms with Crippen LogP contribution in [0.1, 0.15) is 10.6 Å². The van der Waals surface area contributed by atoms with Gasteiger partial charge >= 0.3 is 6.18 Å². The fourth-order valence-electron chi connectivity index (χ4n) is 2.30. The fraction of sp³-hybridized carbons (Fsp3) is 0.0526. The second kappa shape index (κ2) is 7.82. The van der Waals surface area contributed by atoms with E-state index in [0.29, 0.717) is 15.7 Å². The minimum Gasteiger partial charge on any atom is -0.360 e. The number of allylic oxidation sites excluding steroid dienone is 1. The van der Waals surface area contributed by atoms with E-state index in [1.807, 2.05) is 6.07 Å². The van der Waals surface area contributed by atoms with Gasteiger partial charge in [-0.15, -0.1) is 11.3 Å². The summed E-state index contributed by atoms with van der Waals surface area (Å²) >= 11 is 7.09. The summed E-state index contributed by atoms with van der Waals surface area (Å²) in [6.07, 6.45) is -3.26. The van der Waals surface area contributed by atoms with Gasteiger partial charge in [-0.3, -0.25) is 0 Å². The highest BCUT2D eigenvalue weighted by molar-refractivity contribution is 7.11. The van der Waals surface area contributed by atoms with Crippen molar-refractivity contribution in [2.24, 2.45) is 0 Å². The highest BCUT2D eigenvalue weighted by atomic mass is 35.5. The van der Waals surface area contributed by atoms with Gasteiger partial charge in [-0.2, -0.15) is 18.4 Å². The van der Waals surface area contributed by atoms with Gasteiger partial charge in [-0.25, -0.2) is 4.98 Å². The van der Waals surface area contributed by atoms with Gasteiger partial charge in [-0.05, 0) is 24.3 Å². The van der Waals surface area contributed by atoms with E-state index in [1.165, 1.54) is 35.7 Å². The highest BCUT2D eigenvalue weighted by Gasteiger charge is 2.33. The molecule has 0 fully saturated rings. The summed E-state index contributed by atoms with van der Waals surface area (Å²) in [4.78, 5) is 4.39. The topological polar surface area (TPSA) is 48.7 Å². The first-order valence-corrected chi connectivity index (χ1v) is 8.89. The van der Waals surface area contributed by atoms with Crippen molar-refractivity contribution in [3.05, 3.63) is 75.7 Å². The van der Waals surface area contributed by atoms with Crippen molar-refractivity contribution in [2.75, 3.05) is 5.32 Å². The molecular weight excluding hydrogens is 395 g/mol. The summed E-state index contributed by atoms with van der Waals surface area (Å²) in [5, 5.41) is 14.7. The summed E-state index contributed by atoms with van der Waals surface area (Å²) in [6, 6.07) is 14.1. The number of anilines is 1. The quantitative estimate of drug-likeness (QED) is 0.507. The van der Waals surface area contributed by atoms with E-state index in [4.69, 9.17) is 11.6 Å². The molecule has 136 valence electrons. The monoisotopic (exact) mass is 405 g/mol. The zero-order chi connectivity index (χ0) is 19.4. The molecule has 0 aliphatic rings. The number of alkyl halides is 3. The van der Waals surface area contributed by atoms with Crippen LogP contribution in [0.15, 0.2) is 60.1 Å². The molecule has 3 nitrogen and oxygen atoms in total. The lowest BCUT2D eigenvalue weighted by atomic mass is 10.1. The number of para-hydroxylation sites is 1. The molecule has 1 heterocycles. The maximum Gasteiger partial charge on any atom is 0.418 e. The lowest BCUT2D eigenvalue weighted by Crippen LogP contribution is -2.08. The van der Waals surface area contributed by atoms with Crippen LogP contribution >= 0.6 is 22.9 Å².